The largest absolute Gasteiger partial charge is 0.484 e. The number of aromatic nitrogens is 2. The molecule has 1 heterocycles. The van der Waals surface area contributed by atoms with E-state index in [1.54, 1.807) is 13.8 Å². The third-order valence-electron chi connectivity index (χ3n) is 2.31. The minimum absolute atomic E-state index is 0.0107. The smallest absolute Gasteiger partial charge is 0.311 e. The number of hydrogen-bond acceptors (Lipinski definition) is 7. The average molecular weight is 290 g/mol. The fraction of sp³-hybridized carbons (Fsp3) is 0.273. The van der Waals surface area contributed by atoms with E-state index in [0.29, 0.717) is 5.56 Å². The summed E-state index contributed by atoms with van der Waals surface area (Å²) in [6.45, 7) is 3.53. The first kappa shape index (κ1) is 14.3. The van der Waals surface area contributed by atoms with E-state index < -0.39 is 4.92 Å². The molecule has 0 radical (unpaired) electrons. The first-order valence-electron chi connectivity index (χ1n) is 5.85. The van der Waals surface area contributed by atoms with Gasteiger partial charge >= 0.3 is 11.7 Å². The number of nitro groups is 1. The van der Waals surface area contributed by atoms with Crippen LogP contribution in [-0.2, 0) is 0 Å². The van der Waals surface area contributed by atoms with E-state index in [1.165, 1.54) is 18.2 Å². The number of ether oxygens (including phenoxy) is 1. The van der Waals surface area contributed by atoms with Gasteiger partial charge in [-0.15, -0.1) is 10.2 Å². The second-order valence-corrected chi connectivity index (χ2v) is 4.19. The summed E-state index contributed by atoms with van der Waals surface area (Å²) < 4.78 is 10.4. The Morgan fingerprint density at radius 3 is 2.86 bits per heavy atom. The van der Waals surface area contributed by atoms with E-state index in [9.17, 15) is 10.1 Å². The van der Waals surface area contributed by atoms with E-state index in [0.717, 1.165) is 0 Å². The van der Waals surface area contributed by atoms with Crippen molar-refractivity contribution in [1.29, 1.82) is 0 Å². The van der Waals surface area contributed by atoms with Gasteiger partial charge in [-0.3, -0.25) is 10.1 Å². The van der Waals surface area contributed by atoms with Crippen LogP contribution in [0, 0.1) is 10.1 Å². The third kappa shape index (κ3) is 3.25. The lowest BCUT2D eigenvalue weighted by atomic mass is 10.2. The van der Waals surface area contributed by atoms with Crippen molar-refractivity contribution in [1.82, 2.24) is 10.2 Å². The SMILES string of the molecule is CC(C)Oc1ccc(-c2nnc(N=[N+]=[N-])o2)cc1[N+](=O)[O-]. The number of nitro benzene ring substituents is 1. The molecular weight excluding hydrogens is 280 g/mol. The normalized spacial score (nSPS) is 10.2. The summed E-state index contributed by atoms with van der Waals surface area (Å²) in [4.78, 5) is 13.0. The van der Waals surface area contributed by atoms with Crippen LogP contribution in [0.3, 0.4) is 0 Å². The topological polar surface area (TPSA) is 140 Å². The molecule has 0 saturated carbocycles. The third-order valence-corrected chi connectivity index (χ3v) is 2.31. The van der Waals surface area contributed by atoms with Crippen LogP contribution in [0.2, 0.25) is 0 Å². The van der Waals surface area contributed by atoms with Crippen molar-refractivity contribution in [3.63, 3.8) is 0 Å². The van der Waals surface area contributed by atoms with Gasteiger partial charge in [0.15, 0.2) is 5.75 Å². The molecule has 0 unspecified atom stereocenters. The van der Waals surface area contributed by atoms with Gasteiger partial charge in [0.05, 0.1) is 11.0 Å². The van der Waals surface area contributed by atoms with E-state index in [2.05, 4.69) is 20.2 Å². The molecule has 10 heteroatoms. The predicted octanol–water partition coefficient (Wildman–Crippen LogP) is 3.37. The van der Waals surface area contributed by atoms with E-state index >= 15 is 0 Å². The van der Waals surface area contributed by atoms with Crippen molar-refractivity contribution in [2.24, 2.45) is 5.11 Å². The molecule has 0 fully saturated rings. The van der Waals surface area contributed by atoms with Gasteiger partial charge in [-0.25, -0.2) is 0 Å². The second kappa shape index (κ2) is 5.88. The molecule has 2 rings (SSSR count). The summed E-state index contributed by atoms with van der Waals surface area (Å²) in [5, 5.41) is 21.4. The highest BCUT2D eigenvalue weighted by molar-refractivity contribution is 5.62. The molecule has 1 aromatic carbocycles. The maximum atomic E-state index is 11.1. The minimum Gasteiger partial charge on any atom is -0.484 e. The van der Waals surface area contributed by atoms with Crippen LogP contribution in [0.5, 0.6) is 5.75 Å². The molecule has 21 heavy (non-hydrogen) atoms. The van der Waals surface area contributed by atoms with Gasteiger partial charge in [0.1, 0.15) is 0 Å². The summed E-state index contributed by atoms with van der Waals surface area (Å²) >= 11 is 0. The van der Waals surface area contributed by atoms with Crippen LogP contribution < -0.4 is 4.74 Å². The molecule has 0 aliphatic rings. The van der Waals surface area contributed by atoms with Gasteiger partial charge in [-0.1, -0.05) is 0 Å². The lowest BCUT2D eigenvalue weighted by Gasteiger charge is -2.10. The zero-order chi connectivity index (χ0) is 15.4. The van der Waals surface area contributed by atoms with E-state index in [-0.39, 0.29) is 29.4 Å². The monoisotopic (exact) mass is 290 g/mol. The summed E-state index contributed by atoms with van der Waals surface area (Å²) in [6.07, 6.45) is -0.200. The molecule has 1 aromatic heterocycles. The van der Waals surface area contributed by atoms with Crippen molar-refractivity contribution < 1.29 is 14.1 Å². The summed E-state index contributed by atoms with van der Waals surface area (Å²) in [6, 6.07) is 3.98. The van der Waals surface area contributed by atoms with Crippen molar-refractivity contribution >= 4 is 11.7 Å². The van der Waals surface area contributed by atoms with Crippen LogP contribution in [0.25, 0.3) is 21.9 Å². The number of rotatable bonds is 5. The molecule has 0 aliphatic carbocycles. The van der Waals surface area contributed by atoms with E-state index in [4.69, 9.17) is 14.7 Å². The Balaban J connectivity index is 2.43. The molecular formula is C11H10N6O4. The van der Waals surface area contributed by atoms with Crippen molar-refractivity contribution in [3.05, 3.63) is 38.8 Å². The van der Waals surface area contributed by atoms with Crippen LogP contribution in [0.15, 0.2) is 27.7 Å². The summed E-state index contributed by atoms with van der Waals surface area (Å²) in [5.74, 6) is 0.158. The lowest BCUT2D eigenvalue weighted by Crippen LogP contribution is -2.07. The fourth-order valence-electron chi connectivity index (χ4n) is 1.56. The first-order chi connectivity index (χ1) is 10.0. The van der Waals surface area contributed by atoms with Gasteiger partial charge in [0.25, 0.3) is 0 Å². The van der Waals surface area contributed by atoms with Crippen molar-refractivity contribution in [3.8, 4) is 17.2 Å². The Kier molecular flexibility index (Phi) is 4.00. The molecule has 0 atom stereocenters. The second-order valence-electron chi connectivity index (χ2n) is 4.19. The molecule has 0 bridgehead atoms. The maximum Gasteiger partial charge on any atom is 0.311 e. The average Bonchev–Trinajstić information content (AvgIpc) is 2.87. The van der Waals surface area contributed by atoms with Gasteiger partial charge in [-0.05, 0) is 31.5 Å². The van der Waals surface area contributed by atoms with Gasteiger partial charge in [0.2, 0.25) is 5.89 Å². The molecule has 0 aliphatic heterocycles. The van der Waals surface area contributed by atoms with E-state index in [1.807, 2.05) is 0 Å². The zero-order valence-electron chi connectivity index (χ0n) is 11.1. The standard InChI is InChI=1S/C11H10N6O4/c1-6(2)20-9-4-3-7(5-8(9)17(18)19)10-13-14-11(21-10)15-16-12/h3-6H,1-2H3. The number of hydrogen-bond donors (Lipinski definition) is 0. The van der Waals surface area contributed by atoms with Crippen LogP contribution in [0.1, 0.15) is 13.8 Å². The quantitative estimate of drug-likeness (QED) is 0.272. The highest BCUT2D eigenvalue weighted by atomic mass is 16.6. The lowest BCUT2D eigenvalue weighted by molar-refractivity contribution is -0.386. The minimum atomic E-state index is -0.564. The molecule has 2 aromatic rings. The first-order valence-corrected chi connectivity index (χ1v) is 5.85. The van der Waals surface area contributed by atoms with Gasteiger partial charge in [0, 0.05) is 21.7 Å². The molecule has 0 saturated heterocycles. The van der Waals surface area contributed by atoms with Gasteiger partial charge in [-0.2, -0.15) is 0 Å². The maximum absolute atomic E-state index is 11.1. The molecule has 0 spiro atoms. The summed E-state index contributed by atoms with van der Waals surface area (Å²) in [5.41, 5.74) is 8.37. The Morgan fingerprint density at radius 2 is 2.24 bits per heavy atom. The number of azide groups is 1. The Bertz CT molecular complexity index is 719. The predicted molar refractivity (Wildman–Crippen MR) is 71.0 cm³/mol. The Labute approximate surface area is 118 Å². The highest BCUT2D eigenvalue weighted by Crippen LogP contribution is 2.33. The van der Waals surface area contributed by atoms with Gasteiger partial charge < -0.3 is 9.15 Å². The Morgan fingerprint density at radius 1 is 1.48 bits per heavy atom. The molecule has 10 nitrogen and oxygen atoms in total. The number of nitrogens with zero attached hydrogens (tertiary/aromatic N) is 6. The molecule has 108 valence electrons. The zero-order valence-corrected chi connectivity index (χ0v) is 11.1. The number of benzene rings is 1. The van der Waals surface area contributed by atoms with Crippen LogP contribution in [0.4, 0.5) is 11.7 Å². The summed E-state index contributed by atoms with van der Waals surface area (Å²) in [7, 11) is 0. The van der Waals surface area contributed by atoms with Crippen molar-refractivity contribution in [2.75, 3.05) is 0 Å². The fourth-order valence-corrected chi connectivity index (χ4v) is 1.56. The Hall–Kier alpha value is -3.13. The van der Waals surface area contributed by atoms with Crippen LogP contribution >= 0.6 is 0 Å². The highest BCUT2D eigenvalue weighted by Gasteiger charge is 2.19. The van der Waals surface area contributed by atoms with Crippen molar-refractivity contribution in [2.45, 2.75) is 20.0 Å². The molecule has 0 amide bonds. The van der Waals surface area contributed by atoms with Crippen LogP contribution in [-0.4, -0.2) is 21.2 Å². The molecule has 0 N–H and O–H groups in total.